The molecule has 0 radical (unpaired) electrons. The molecule has 13 heteroatoms. The molecule has 1 atom stereocenters. The molecule has 4 heterocycles. The van der Waals surface area contributed by atoms with E-state index in [-0.39, 0.29) is 11.6 Å². The molecule has 0 fully saturated rings. The summed E-state index contributed by atoms with van der Waals surface area (Å²) in [6, 6.07) is 13.5. The van der Waals surface area contributed by atoms with Crippen molar-refractivity contribution in [3.8, 4) is 28.2 Å². The number of hydrogen-bond acceptors (Lipinski definition) is 7. The van der Waals surface area contributed by atoms with Crippen LogP contribution in [0.25, 0.3) is 28.2 Å². The lowest BCUT2D eigenvalue weighted by Gasteiger charge is -2.14. The molecular weight excluding hydrogens is 510 g/mol. The van der Waals surface area contributed by atoms with Crippen LogP contribution in [0.2, 0.25) is 5.02 Å². The van der Waals surface area contributed by atoms with Crippen molar-refractivity contribution in [2.45, 2.75) is 18.9 Å². The van der Waals surface area contributed by atoms with E-state index in [1.165, 1.54) is 24.1 Å². The van der Waals surface area contributed by atoms with Crippen LogP contribution in [-0.4, -0.2) is 58.0 Å². The monoisotopic (exact) mass is 529 g/mol. The summed E-state index contributed by atoms with van der Waals surface area (Å²) >= 11 is 6.27. The second-order valence-electron chi connectivity index (χ2n) is 8.81. The largest absolute Gasteiger partial charge is 0.465 e. The number of tetrazole rings is 1. The molecule has 1 aliphatic rings. The SMILES string of the molecule is CN(C(=O)O)c1ccc(-c2cnc([C@@H]3CCc4nc(-c5cc(Cl)ccc5-n5cnnn5)cc(=O)n43)[nH]2)cc1. The van der Waals surface area contributed by atoms with Crippen LogP contribution in [0.1, 0.15) is 24.1 Å². The first-order valence-electron chi connectivity index (χ1n) is 11.7. The van der Waals surface area contributed by atoms with E-state index in [2.05, 4.69) is 25.5 Å². The molecule has 5 aromatic rings. The highest BCUT2D eigenvalue weighted by Crippen LogP contribution is 2.32. The highest BCUT2D eigenvalue weighted by Gasteiger charge is 2.29. The van der Waals surface area contributed by atoms with Crippen LogP contribution in [0.5, 0.6) is 0 Å². The number of carbonyl (C=O) groups is 1. The maximum atomic E-state index is 13.4. The zero-order valence-electron chi connectivity index (χ0n) is 20.0. The van der Waals surface area contributed by atoms with Crippen LogP contribution in [0.4, 0.5) is 10.5 Å². The number of fused-ring (bicyclic) bond motifs is 1. The van der Waals surface area contributed by atoms with Gasteiger partial charge in [-0.15, -0.1) is 5.10 Å². The van der Waals surface area contributed by atoms with Gasteiger partial charge in [0.1, 0.15) is 18.0 Å². The van der Waals surface area contributed by atoms with Crippen LogP contribution < -0.4 is 10.5 Å². The zero-order chi connectivity index (χ0) is 26.4. The predicted molar refractivity (Wildman–Crippen MR) is 139 cm³/mol. The van der Waals surface area contributed by atoms with Gasteiger partial charge in [0, 0.05) is 35.8 Å². The Hall–Kier alpha value is -4.84. The molecule has 0 saturated carbocycles. The molecule has 1 aliphatic heterocycles. The van der Waals surface area contributed by atoms with Gasteiger partial charge in [-0.1, -0.05) is 23.7 Å². The van der Waals surface area contributed by atoms with Gasteiger partial charge in [0.25, 0.3) is 5.56 Å². The van der Waals surface area contributed by atoms with Crippen molar-refractivity contribution in [3.63, 3.8) is 0 Å². The molecule has 0 bridgehead atoms. The number of aromatic nitrogens is 8. The number of aryl methyl sites for hydroxylation is 1. The van der Waals surface area contributed by atoms with Crippen molar-refractivity contribution in [1.29, 1.82) is 0 Å². The van der Waals surface area contributed by atoms with Crippen molar-refractivity contribution >= 4 is 23.4 Å². The van der Waals surface area contributed by atoms with E-state index in [0.717, 1.165) is 16.2 Å². The maximum absolute atomic E-state index is 13.4. The smallest absolute Gasteiger partial charge is 0.411 e. The van der Waals surface area contributed by atoms with E-state index in [1.807, 2.05) is 12.1 Å². The highest BCUT2D eigenvalue weighted by atomic mass is 35.5. The number of amides is 1. The van der Waals surface area contributed by atoms with E-state index in [4.69, 9.17) is 21.7 Å². The fraction of sp³-hybridized carbons (Fsp3) is 0.160. The first kappa shape index (κ1) is 23.6. The normalized spacial score (nSPS) is 14.4. The summed E-state index contributed by atoms with van der Waals surface area (Å²) in [5.74, 6) is 1.30. The minimum absolute atomic E-state index is 0.200. The number of hydrogen-bond donors (Lipinski definition) is 2. The average molecular weight is 530 g/mol. The molecule has 0 unspecified atom stereocenters. The van der Waals surface area contributed by atoms with Gasteiger partial charge in [0.15, 0.2) is 0 Å². The zero-order valence-corrected chi connectivity index (χ0v) is 20.7. The lowest BCUT2D eigenvalue weighted by Crippen LogP contribution is -2.25. The summed E-state index contributed by atoms with van der Waals surface area (Å²) in [7, 11) is 1.49. The van der Waals surface area contributed by atoms with Crippen molar-refractivity contribution in [2.75, 3.05) is 11.9 Å². The molecule has 2 N–H and O–H groups in total. The molecule has 190 valence electrons. The van der Waals surface area contributed by atoms with Crippen molar-refractivity contribution < 1.29 is 9.90 Å². The Morgan fingerprint density at radius 3 is 2.74 bits per heavy atom. The van der Waals surface area contributed by atoms with E-state index >= 15 is 0 Å². The van der Waals surface area contributed by atoms with Crippen LogP contribution in [0.15, 0.2) is 65.8 Å². The van der Waals surface area contributed by atoms with Gasteiger partial charge in [-0.05, 0) is 52.7 Å². The van der Waals surface area contributed by atoms with Gasteiger partial charge >= 0.3 is 6.09 Å². The Kier molecular flexibility index (Phi) is 5.72. The molecule has 0 saturated heterocycles. The number of H-pyrrole nitrogens is 1. The molecule has 2 aromatic carbocycles. The highest BCUT2D eigenvalue weighted by molar-refractivity contribution is 6.31. The number of benzene rings is 2. The molecule has 3 aromatic heterocycles. The standard InChI is InChI=1S/C25H20ClN9O3/c1-33(25(37)38)16-5-2-14(3-6-16)19-12-27-24(30-19)21-8-9-22-29-18(11-23(36)35(21)22)17-10-15(26)4-7-20(17)34-13-28-31-32-34/h2-7,10-13,21H,8-9H2,1H3,(H,27,30)(H,37,38)/t21-/m0/s1. The number of anilines is 1. The van der Waals surface area contributed by atoms with Crippen LogP contribution in [0, 0.1) is 0 Å². The molecule has 0 spiro atoms. The van der Waals surface area contributed by atoms with Crippen LogP contribution in [-0.2, 0) is 6.42 Å². The van der Waals surface area contributed by atoms with E-state index in [9.17, 15) is 9.59 Å². The minimum atomic E-state index is -1.04. The first-order valence-corrected chi connectivity index (χ1v) is 12.0. The van der Waals surface area contributed by atoms with E-state index in [0.29, 0.717) is 52.1 Å². The molecule has 38 heavy (non-hydrogen) atoms. The number of nitrogens with zero attached hydrogens (tertiary/aromatic N) is 8. The molecular formula is C25H20ClN9O3. The fourth-order valence-corrected chi connectivity index (χ4v) is 4.83. The number of halogens is 1. The van der Waals surface area contributed by atoms with Gasteiger partial charge in [0.2, 0.25) is 0 Å². The third-order valence-corrected chi connectivity index (χ3v) is 6.81. The Balaban J connectivity index is 1.32. The molecule has 12 nitrogen and oxygen atoms in total. The van der Waals surface area contributed by atoms with E-state index in [1.54, 1.807) is 41.1 Å². The van der Waals surface area contributed by atoms with Gasteiger partial charge in [-0.2, -0.15) is 4.68 Å². The second-order valence-corrected chi connectivity index (χ2v) is 9.24. The summed E-state index contributed by atoms with van der Waals surface area (Å²) in [5.41, 5.74) is 3.76. The van der Waals surface area contributed by atoms with Crippen LogP contribution >= 0.6 is 11.6 Å². The fourth-order valence-electron chi connectivity index (χ4n) is 4.65. The Morgan fingerprint density at radius 1 is 1.18 bits per heavy atom. The Bertz CT molecular complexity index is 1710. The maximum Gasteiger partial charge on any atom is 0.411 e. The lowest BCUT2D eigenvalue weighted by molar-refractivity contribution is 0.203. The third-order valence-electron chi connectivity index (χ3n) is 6.57. The number of rotatable bonds is 5. The number of carboxylic acid groups (broad SMARTS) is 1. The molecule has 6 rings (SSSR count). The number of aromatic amines is 1. The average Bonchev–Trinajstić information content (AvgIpc) is 3.69. The van der Waals surface area contributed by atoms with Gasteiger partial charge in [0.05, 0.1) is 29.3 Å². The molecule has 0 aliphatic carbocycles. The number of nitrogens with one attached hydrogen (secondary N) is 1. The van der Waals surface area contributed by atoms with Gasteiger partial charge in [-0.3, -0.25) is 14.3 Å². The summed E-state index contributed by atoms with van der Waals surface area (Å²) in [6.45, 7) is 0. The second kappa shape index (κ2) is 9.23. The number of imidazole rings is 1. The van der Waals surface area contributed by atoms with Crippen molar-refractivity contribution in [2.24, 2.45) is 0 Å². The Labute approximate surface area is 220 Å². The quantitative estimate of drug-likeness (QED) is 0.351. The summed E-state index contributed by atoms with van der Waals surface area (Å²) in [6.07, 6.45) is 3.40. The summed E-state index contributed by atoms with van der Waals surface area (Å²) in [5, 5.41) is 21.0. The van der Waals surface area contributed by atoms with Gasteiger partial charge < -0.3 is 10.1 Å². The van der Waals surface area contributed by atoms with Gasteiger partial charge in [-0.25, -0.2) is 14.8 Å². The van der Waals surface area contributed by atoms with Crippen LogP contribution in [0.3, 0.4) is 0 Å². The Morgan fingerprint density at radius 2 is 2.00 bits per heavy atom. The summed E-state index contributed by atoms with van der Waals surface area (Å²) in [4.78, 5) is 38.4. The summed E-state index contributed by atoms with van der Waals surface area (Å²) < 4.78 is 3.16. The third kappa shape index (κ3) is 4.10. The predicted octanol–water partition coefficient (Wildman–Crippen LogP) is 3.58. The van der Waals surface area contributed by atoms with Crippen molar-refractivity contribution in [1.82, 2.24) is 39.7 Å². The first-order chi connectivity index (χ1) is 18.4. The minimum Gasteiger partial charge on any atom is -0.465 e. The molecule has 1 amide bonds. The van der Waals surface area contributed by atoms with E-state index < -0.39 is 6.09 Å². The lowest BCUT2D eigenvalue weighted by atomic mass is 10.1. The van der Waals surface area contributed by atoms with Crippen molar-refractivity contribution in [3.05, 3.63) is 88.1 Å². The topological polar surface area (TPSA) is 148 Å².